The van der Waals surface area contributed by atoms with Gasteiger partial charge in [0.1, 0.15) is 5.82 Å². The Morgan fingerprint density at radius 1 is 1.07 bits per heavy atom. The number of aryl methyl sites for hydroxylation is 3. The summed E-state index contributed by atoms with van der Waals surface area (Å²) in [5, 5.41) is 15.5. The van der Waals surface area contributed by atoms with Crippen molar-refractivity contribution in [3.05, 3.63) is 46.5 Å². The van der Waals surface area contributed by atoms with Crippen LogP contribution in [0.4, 0.5) is 0 Å². The summed E-state index contributed by atoms with van der Waals surface area (Å²) >= 11 is 0. The van der Waals surface area contributed by atoms with E-state index in [2.05, 4.69) is 62.4 Å². The number of hydrogen-bond acceptors (Lipinski definition) is 3. The first kappa shape index (κ1) is 21.7. The maximum absolute atomic E-state index is 4.36. The smallest absolute Gasteiger partial charge is 0.191 e. The van der Waals surface area contributed by atoms with Gasteiger partial charge in [-0.3, -0.25) is 4.99 Å². The van der Waals surface area contributed by atoms with E-state index in [1.54, 1.807) is 7.05 Å². The highest BCUT2D eigenvalue weighted by Gasteiger charge is 2.14. The third-order valence-corrected chi connectivity index (χ3v) is 4.81. The summed E-state index contributed by atoms with van der Waals surface area (Å²) in [6.45, 7) is 6.81. The van der Waals surface area contributed by atoms with E-state index in [4.69, 9.17) is 0 Å². The first-order valence-electron chi connectivity index (χ1n) is 9.58. The van der Waals surface area contributed by atoms with Crippen molar-refractivity contribution in [2.45, 2.75) is 59.0 Å². The van der Waals surface area contributed by atoms with Gasteiger partial charge in [0.2, 0.25) is 0 Å². The van der Waals surface area contributed by atoms with Crippen molar-refractivity contribution in [1.82, 2.24) is 25.4 Å². The van der Waals surface area contributed by atoms with E-state index < -0.39 is 0 Å². The number of aromatic nitrogens is 3. The molecule has 0 spiro atoms. The minimum atomic E-state index is 0. The number of aliphatic imine (C=N–C) groups is 1. The highest BCUT2D eigenvalue weighted by Crippen LogP contribution is 2.14. The molecular weight excluding hydrogens is 451 g/mol. The molecule has 2 N–H and O–H groups in total. The molecule has 0 radical (unpaired) electrons. The van der Waals surface area contributed by atoms with Crippen LogP contribution in [0.15, 0.2) is 23.2 Å². The monoisotopic (exact) mass is 482 g/mol. The highest BCUT2D eigenvalue weighted by atomic mass is 127. The first-order chi connectivity index (χ1) is 12.7. The van der Waals surface area contributed by atoms with E-state index in [-0.39, 0.29) is 24.0 Å². The van der Waals surface area contributed by atoms with Crippen LogP contribution in [0, 0.1) is 13.8 Å². The van der Waals surface area contributed by atoms with Crippen molar-refractivity contribution in [2.24, 2.45) is 4.99 Å². The fraction of sp³-hybridized carbons (Fsp3) is 0.550. The molecule has 27 heavy (non-hydrogen) atoms. The topological polar surface area (TPSA) is 67.1 Å². The zero-order valence-electron chi connectivity index (χ0n) is 16.6. The molecule has 0 unspecified atom stereocenters. The Morgan fingerprint density at radius 3 is 2.59 bits per heavy atom. The number of hydrogen-bond donors (Lipinski definition) is 2. The van der Waals surface area contributed by atoms with Gasteiger partial charge in [0.05, 0.1) is 6.54 Å². The largest absolute Gasteiger partial charge is 0.356 e. The molecule has 0 aliphatic carbocycles. The molecule has 1 aromatic heterocycles. The van der Waals surface area contributed by atoms with E-state index in [0.717, 1.165) is 43.5 Å². The molecule has 0 fully saturated rings. The van der Waals surface area contributed by atoms with Crippen LogP contribution in [0.3, 0.4) is 0 Å². The summed E-state index contributed by atoms with van der Waals surface area (Å²) in [5.74, 6) is 2.93. The number of benzene rings is 1. The fourth-order valence-electron chi connectivity index (χ4n) is 3.60. The maximum atomic E-state index is 4.36. The minimum absolute atomic E-state index is 0. The van der Waals surface area contributed by atoms with Gasteiger partial charge in [-0.05, 0) is 38.7 Å². The van der Waals surface area contributed by atoms with Gasteiger partial charge in [0.25, 0.3) is 0 Å². The number of guanidine groups is 1. The predicted molar refractivity (Wildman–Crippen MR) is 121 cm³/mol. The number of fused-ring (bicyclic) bond motifs is 1. The zero-order valence-corrected chi connectivity index (χ0v) is 18.9. The van der Waals surface area contributed by atoms with E-state index in [1.165, 1.54) is 36.0 Å². The molecule has 6 nitrogen and oxygen atoms in total. The Balaban J connectivity index is 0.00000261. The number of nitrogens with zero attached hydrogens (tertiary/aromatic N) is 4. The third-order valence-electron chi connectivity index (χ3n) is 4.81. The SMILES string of the molecule is CN=C(NCCc1cc(C)cc(C)c1)NCc1nnc2n1CCCCC2.I. The molecule has 2 heterocycles. The summed E-state index contributed by atoms with van der Waals surface area (Å²) in [6.07, 6.45) is 5.71. The molecule has 7 heteroatoms. The van der Waals surface area contributed by atoms with Gasteiger partial charge in [0.15, 0.2) is 11.8 Å². The normalized spacial score (nSPS) is 14.1. The molecule has 0 bridgehead atoms. The quantitative estimate of drug-likeness (QED) is 0.391. The molecule has 0 saturated carbocycles. The Bertz CT molecular complexity index is 748. The lowest BCUT2D eigenvalue weighted by molar-refractivity contribution is 0.596. The van der Waals surface area contributed by atoms with Gasteiger partial charge >= 0.3 is 0 Å². The average Bonchev–Trinajstić information content (AvgIpc) is 2.84. The van der Waals surface area contributed by atoms with Crippen LogP contribution >= 0.6 is 24.0 Å². The Hall–Kier alpha value is -1.64. The highest BCUT2D eigenvalue weighted by molar-refractivity contribution is 14.0. The Labute approximate surface area is 179 Å². The molecule has 2 aromatic rings. The number of nitrogens with one attached hydrogen (secondary N) is 2. The van der Waals surface area contributed by atoms with Crippen LogP contribution in [-0.4, -0.2) is 34.3 Å². The predicted octanol–water partition coefficient (Wildman–Crippen LogP) is 3.15. The maximum Gasteiger partial charge on any atom is 0.191 e. The second-order valence-electron chi connectivity index (χ2n) is 7.09. The second kappa shape index (κ2) is 10.6. The molecular formula is C20H31IN6. The third kappa shape index (κ3) is 6.19. The summed E-state index contributed by atoms with van der Waals surface area (Å²) in [7, 11) is 1.80. The van der Waals surface area contributed by atoms with Gasteiger partial charge in [-0.1, -0.05) is 35.7 Å². The lowest BCUT2D eigenvalue weighted by Crippen LogP contribution is -2.38. The van der Waals surface area contributed by atoms with E-state index in [0.29, 0.717) is 6.54 Å². The van der Waals surface area contributed by atoms with Gasteiger partial charge in [0, 0.05) is 26.6 Å². The molecule has 3 rings (SSSR count). The van der Waals surface area contributed by atoms with Gasteiger partial charge < -0.3 is 15.2 Å². The molecule has 0 atom stereocenters. The van der Waals surface area contributed by atoms with Crippen LogP contribution < -0.4 is 10.6 Å². The van der Waals surface area contributed by atoms with Crippen LogP contribution in [-0.2, 0) is 25.9 Å². The Morgan fingerprint density at radius 2 is 1.85 bits per heavy atom. The summed E-state index contributed by atoms with van der Waals surface area (Å²) < 4.78 is 2.27. The van der Waals surface area contributed by atoms with E-state index >= 15 is 0 Å². The lowest BCUT2D eigenvalue weighted by atomic mass is 10.1. The molecule has 1 aromatic carbocycles. The molecule has 1 aliphatic rings. The van der Waals surface area contributed by atoms with E-state index in [1.807, 2.05) is 0 Å². The average molecular weight is 482 g/mol. The Kier molecular flexibility index (Phi) is 8.53. The summed E-state index contributed by atoms with van der Waals surface area (Å²) in [4.78, 5) is 4.32. The van der Waals surface area contributed by atoms with Crippen molar-refractivity contribution in [1.29, 1.82) is 0 Å². The van der Waals surface area contributed by atoms with Gasteiger partial charge in [-0.25, -0.2) is 0 Å². The van der Waals surface area contributed by atoms with Crippen LogP contribution in [0.25, 0.3) is 0 Å². The van der Waals surface area contributed by atoms with Gasteiger partial charge in [-0.15, -0.1) is 34.2 Å². The van der Waals surface area contributed by atoms with Crippen LogP contribution in [0.2, 0.25) is 0 Å². The fourth-order valence-corrected chi connectivity index (χ4v) is 3.60. The van der Waals surface area contributed by atoms with Crippen molar-refractivity contribution >= 4 is 29.9 Å². The van der Waals surface area contributed by atoms with Crippen LogP contribution in [0.5, 0.6) is 0 Å². The van der Waals surface area contributed by atoms with Crippen LogP contribution in [0.1, 0.15) is 47.6 Å². The molecule has 0 amide bonds. The molecule has 0 saturated heterocycles. The van der Waals surface area contributed by atoms with Crippen molar-refractivity contribution < 1.29 is 0 Å². The molecule has 148 valence electrons. The summed E-state index contributed by atoms with van der Waals surface area (Å²) in [5.41, 5.74) is 3.98. The van der Waals surface area contributed by atoms with Crippen molar-refractivity contribution in [2.75, 3.05) is 13.6 Å². The summed E-state index contributed by atoms with van der Waals surface area (Å²) in [6, 6.07) is 6.70. The minimum Gasteiger partial charge on any atom is -0.356 e. The van der Waals surface area contributed by atoms with Crippen molar-refractivity contribution in [3.8, 4) is 0 Å². The van der Waals surface area contributed by atoms with E-state index in [9.17, 15) is 0 Å². The van der Waals surface area contributed by atoms with Crippen molar-refractivity contribution in [3.63, 3.8) is 0 Å². The number of halogens is 1. The second-order valence-corrected chi connectivity index (χ2v) is 7.09. The lowest BCUT2D eigenvalue weighted by Gasteiger charge is -2.13. The first-order valence-corrected chi connectivity index (χ1v) is 9.58. The standard InChI is InChI=1S/C20H30N6.HI/c1-15-11-16(2)13-17(12-15)8-9-22-20(21-3)23-14-19-25-24-18-7-5-4-6-10-26(18)19;/h11-13H,4-10,14H2,1-3H3,(H2,21,22,23);1H. The zero-order chi connectivity index (χ0) is 18.4. The number of rotatable bonds is 5. The van der Waals surface area contributed by atoms with Gasteiger partial charge in [-0.2, -0.15) is 0 Å². The molecule has 1 aliphatic heterocycles.